The fourth-order valence-corrected chi connectivity index (χ4v) is 3.67. The summed E-state index contributed by atoms with van der Waals surface area (Å²) in [7, 11) is 0. The van der Waals surface area contributed by atoms with Gasteiger partial charge in [-0.05, 0) is 72.6 Å². The first kappa shape index (κ1) is 14.4. The molecule has 0 unspecified atom stereocenters. The number of carbonyl (C=O) groups is 1. The van der Waals surface area contributed by atoms with Gasteiger partial charge in [0.05, 0.1) is 17.9 Å². The lowest BCUT2D eigenvalue weighted by molar-refractivity contribution is 0.103. The van der Waals surface area contributed by atoms with Gasteiger partial charge < -0.3 is 5.32 Å². The number of hydrogen-bond acceptors (Lipinski definition) is 2. The molecular formula is C11H5Br2FINOS. The van der Waals surface area contributed by atoms with Crippen molar-refractivity contribution in [3.8, 4) is 0 Å². The molecule has 0 atom stereocenters. The summed E-state index contributed by atoms with van der Waals surface area (Å²) in [6.45, 7) is 0. The van der Waals surface area contributed by atoms with Crippen LogP contribution in [0.15, 0.2) is 32.5 Å². The minimum absolute atomic E-state index is 0.255. The first-order valence-corrected chi connectivity index (χ1v) is 8.17. The van der Waals surface area contributed by atoms with E-state index in [1.807, 2.05) is 22.6 Å². The number of rotatable bonds is 2. The quantitative estimate of drug-likeness (QED) is 0.555. The monoisotopic (exact) mass is 503 g/mol. The number of anilines is 1. The Hall–Kier alpha value is 0.01000. The summed E-state index contributed by atoms with van der Waals surface area (Å²) >= 11 is 9.82. The highest BCUT2D eigenvalue weighted by atomic mass is 127. The molecule has 0 aliphatic heterocycles. The molecule has 2 rings (SSSR count). The third kappa shape index (κ3) is 3.12. The molecule has 18 heavy (non-hydrogen) atoms. The maximum Gasteiger partial charge on any atom is 0.265 e. The maximum absolute atomic E-state index is 13.3. The Morgan fingerprint density at radius 3 is 2.72 bits per heavy atom. The lowest BCUT2D eigenvalue weighted by Gasteiger charge is -2.06. The average Bonchev–Trinajstić information content (AvgIpc) is 2.66. The highest BCUT2D eigenvalue weighted by Gasteiger charge is 2.14. The lowest BCUT2D eigenvalue weighted by atomic mass is 10.3. The molecule has 1 aromatic carbocycles. The van der Waals surface area contributed by atoms with Gasteiger partial charge in [0.1, 0.15) is 5.82 Å². The van der Waals surface area contributed by atoms with Crippen LogP contribution in [0, 0.1) is 9.39 Å². The van der Waals surface area contributed by atoms with Crippen LogP contribution in [-0.4, -0.2) is 5.91 Å². The van der Waals surface area contributed by atoms with E-state index in [1.54, 1.807) is 18.2 Å². The van der Waals surface area contributed by atoms with Crippen molar-refractivity contribution in [1.82, 2.24) is 0 Å². The molecule has 0 bridgehead atoms. The van der Waals surface area contributed by atoms with Crippen LogP contribution < -0.4 is 5.32 Å². The van der Waals surface area contributed by atoms with Gasteiger partial charge in [0, 0.05) is 4.47 Å². The molecule has 0 radical (unpaired) electrons. The van der Waals surface area contributed by atoms with Crippen LogP contribution in [0.4, 0.5) is 10.1 Å². The summed E-state index contributed by atoms with van der Waals surface area (Å²) < 4.78 is 15.4. The van der Waals surface area contributed by atoms with Crippen LogP contribution in [0.3, 0.4) is 0 Å². The molecule has 0 aliphatic rings. The van der Waals surface area contributed by atoms with Crippen LogP contribution in [0.5, 0.6) is 0 Å². The summed E-state index contributed by atoms with van der Waals surface area (Å²) in [6, 6.07) is 6.31. The van der Waals surface area contributed by atoms with E-state index in [-0.39, 0.29) is 11.7 Å². The van der Waals surface area contributed by atoms with E-state index < -0.39 is 0 Å². The van der Waals surface area contributed by atoms with E-state index >= 15 is 0 Å². The van der Waals surface area contributed by atoms with E-state index in [0.29, 0.717) is 14.1 Å². The summed E-state index contributed by atoms with van der Waals surface area (Å²) in [5.74, 6) is -0.600. The Labute approximate surface area is 137 Å². The number of benzene rings is 1. The van der Waals surface area contributed by atoms with Crippen molar-refractivity contribution in [1.29, 1.82) is 0 Å². The molecule has 1 heterocycles. The standard InChI is InChI=1S/C11H5Br2FINOS/c12-5-4-8(18-10(5)13)11(17)16-7-3-1-2-6(14)9(7)15/h1-4H,(H,16,17). The molecule has 7 heteroatoms. The summed E-state index contributed by atoms with van der Waals surface area (Å²) in [5, 5.41) is 2.69. The first-order chi connectivity index (χ1) is 8.49. The molecule has 1 N–H and O–H groups in total. The van der Waals surface area contributed by atoms with Crippen molar-refractivity contribution in [2.75, 3.05) is 5.32 Å². The van der Waals surface area contributed by atoms with Gasteiger partial charge in [0.15, 0.2) is 0 Å². The maximum atomic E-state index is 13.3. The zero-order valence-corrected chi connectivity index (χ0v) is 14.8. The lowest BCUT2D eigenvalue weighted by Crippen LogP contribution is -2.11. The van der Waals surface area contributed by atoms with Crippen molar-refractivity contribution in [2.24, 2.45) is 0 Å². The van der Waals surface area contributed by atoms with Crippen LogP contribution in [0.2, 0.25) is 0 Å². The normalized spacial score (nSPS) is 10.4. The van der Waals surface area contributed by atoms with E-state index in [2.05, 4.69) is 37.2 Å². The van der Waals surface area contributed by atoms with Gasteiger partial charge in [-0.2, -0.15) is 0 Å². The Morgan fingerprint density at radius 2 is 2.11 bits per heavy atom. The number of nitrogens with one attached hydrogen (secondary N) is 1. The topological polar surface area (TPSA) is 29.1 Å². The molecule has 0 saturated carbocycles. The zero-order chi connectivity index (χ0) is 13.3. The first-order valence-electron chi connectivity index (χ1n) is 4.69. The minimum Gasteiger partial charge on any atom is -0.320 e. The van der Waals surface area contributed by atoms with Crippen LogP contribution in [0.1, 0.15) is 9.67 Å². The van der Waals surface area contributed by atoms with Crippen molar-refractivity contribution in [3.05, 3.63) is 46.8 Å². The number of carbonyl (C=O) groups excluding carboxylic acids is 1. The fourth-order valence-electron chi connectivity index (χ4n) is 1.24. The number of hydrogen-bond donors (Lipinski definition) is 1. The van der Waals surface area contributed by atoms with Crippen molar-refractivity contribution in [2.45, 2.75) is 0 Å². The molecular weight excluding hydrogens is 500 g/mol. The van der Waals surface area contributed by atoms with Crippen molar-refractivity contribution in [3.63, 3.8) is 0 Å². The molecule has 1 amide bonds. The number of amides is 1. The fraction of sp³-hybridized carbons (Fsp3) is 0. The van der Waals surface area contributed by atoms with Gasteiger partial charge in [-0.25, -0.2) is 4.39 Å². The second kappa shape index (κ2) is 5.98. The summed E-state index contributed by atoms with van der Waals surface area (Å²) in [4.78, 5) is 12.5. The SMILES string of the molecule is O=C(Nc1cccc(F)c1I)c1cc(Br)c(Br)s1. The van der Waals surface area contributed by atoms with Crippen molar-refractivity contribution < 1.29 is 9.18 Å². The third-order valence-electron chi connectivity index (χ3n) is 2.07. The van der Waals surface area contributed by atoms with Gasteiger partial charge in [0.25, 0.3) is 5.91 Å². The summed E-state index contributed by atoms with van der Waals surface area (Å²) in [6.07, 6.45) is 0. The van der Waals surface area contributed by atoms with Gasteiger partial charge in [0.2, 0.25) is 0 Å². The molecule has 1 aromatic heterocycles. The van der Waals surface area contributed by atoms with Crippen LogP contribution >= 0.6 is 65.8 Å². The molecule has 0 fully saturated rings. The van der Waals surface area contributed by atoms with Gasteiger partial charge in [-0.15, -0.1) is 11.3 Å². The second-order valence-electron chi connectivity index (χ2n) is 3.29. The molecule has 94 valence electrons. The summed E-state index contributed by atoms with van der Waals surface area (Å²) in [5.41, 5.74) is 0.473. The Balaban J connectivity index is 2.24. The highest BCUT2D eigenvalue weighted by molar-refractivity contribution is 14.1. The third-order valence-corrected chi connectivity index (χ3v) is 6.42. The van der Waals surface area contributed by atoms with Gasteiger partial charge in [-0.3, -0.25) is 4.79 Å². The molecule has 2 aromatic rings. The van der Waals surface area contributed by atoms with E-state index in [0.717, 1.165) is 8.26 Å². The predicted molar refractivity (Wildman–Crippen MR) is 86.8 cm³/mol. The van der Waals surface area contributed by atoms with Crippen molar-refractivity contribution >= 4 is 77.4 Å². The molecule has 0 saturated heterocycles. The molecule has 0 spiro atoms. The van der Waals surface area contributed by atoms with Gasteiger partial charge >= 0.3 is 0 Å². The Bertz CT molecular complexity index is 598. The largest absolute Gasteiger partial charge is 0.320 e. The average molecular weight is 505 g/mol. The Kier molecular flexibility index (Phi) is 4.79. The number of thiophene rings is 1. The second-order valence-corrected chi connectivity index (χ2v) is 7.59. The molecule has 0 aliphatic carbocycles. The zero-order valence-electron chi connectivity index (χ0n) is 8.64. The highest BCUT2D eigenvalue weighted by Crippen LogP contribution is 2.33. The van der Waals surface area contributed by atoms with E-state index in [1.165, 1.54) is 17.4 Å². The Morgan fingerprint density at radius 1 is 1.39 bits per heavy atom. The molecule has 2 nitrogen and oxygen atoms in total. The number of halogens is 4. The van der Waals surface area contributed by atoms with Crippen LogP contribution in [0.25, 0.3) is 0 Å². The van der Waals surface area contributed by atoms with E-state index in [4.69, 9.17) is 0 Å². The predicted octanol–water partition coefficient (Wildman–Crippen LogP) is 5.27. The van der Waals surface area contributed by atoms with Gasteiger partial charge in [-0.1, -0.05) is 6.07 Å². The minimum atomic E-state index is -0.345. The van der Waals surface area contributed by atoms with E-state index in [9.17, 15) is 9.18 Å². The van der Waals surface area contributed by atoms with Crippen LogP contribution in [-0.2, 0) is 0 Å². The smallest absolute Gasteiger partial charge is 0.265 e.